The molecule has 198 valence electrons. The van der Waals surface area contributed by atoms with E-state index in [1.165, 1.54) is 11.8 Å². The minimum absolute atomic E-state index is 0.0855. The fourth-order valence-electron chi connectivity index (χ4n) is 5.02. The van der Waals surface area contributed by atoms with Crippen LogP contribution in [-0.2, 0) is 21.2 Å². The van der Waals surface area contributed by atoms with Crippen molar-refractivity contribution in [3.63, 3.8) is 0 Å². The second-order valence-corrected chi connectivity index (χ2v) is 12.5. The molecule has 3 N–H and O–H groups in total. The normalized spacial score (nSPS) is 16.4. The Morgan fingerprint density at radius 3 is 2.31 bits per heavy atom. The maximum absolute atomic E-state index is 14.0. The third-order valence-electron chi connectivity index (χ3n) is 6.85. The van der Waals surface area contributed by atoms with Gasteiger partial charge in [-0.3, -0.25) is 4.79 Å². The van der Waals surface area contributed by atoms with E-state index in [1.807, 2.05) is 24.5 Å². The van der Waals surface area contributed by atoms with E-state index < -0.39 is 21.2 Å². The Kier molecular flexibility index (Phi) is 9.72. The van der Waals surface area contributed by atoms with Gasteiger partial charge in [0.25, 0.3) is 0 Å². The zero-order valence-corrected chi connectivity index (χ0v) is 23.1. The Morgan fingerprint density at radius 2 is 1.75 bits per heavy atom. The van der Waals surface area contributed by atoms with Crippen LogP contribution < -0.4 is 10.2 Å². The Balaban J connectivity index is 2.20. The molecule has 1 aliphatic rings. The monoisotopic (exact) mass is 534 g/mol. The van der Waals surface area contributed by atoms with Crippen molar-refractivity contribution in [2.45, 2.75) is 68.7 Å². The van der Waals surface area contributed by atoms with Crippen molar-refractivity contribution in [2.75, 3.05) is 30.0 Å². The zero-order valence-electron chi connectivity index (χ0n) is 21.4. The summed E-state index contributed by atoms with van der Waals surface area (Å²) in [7, 11) is -3.63. The number of benzene rings is 2. The van der Waals surface area contributed by atoms with Gasteiger partial charge >= 0.3 is 5.97 Å². The van der Waals surface area contributed by atoms with E-state index in [2.05, 4.69) is 24.1 Å². The van der Waals surface area contributed by atoms with Gasteiger partial charge in [0.1, 0.15) is 5.75 Å². The summed E-state index contributed by atoms with van der Waals surface area (Å²) in [4.78, 5) is 14.3. The molecule has 3 rings (SSSR count). The molecule has 7 nitrogen and oxygen atoms in total. The Bertz CT molecular complexity index is 1140. The highest BCUT2D eigenvalue weighted by Crippen LogP contribution is 2.46. The van der Waals surface area contributed by atoms with E-state index in [-0.39, 0.29) is 29.5 Å². The maximum Gasteiger partial charge on any atom is 0.317 e. The zero-order chi connectivity index (χ0) is 26.3. The third-order valence-corrected chi connectivity index (χ3v) is 9.66. The highest BCUT2D eigenvalue weighted by molar-refractivity contribution is 7.98. The molecule has 1 aliphatic heterocycles. The average Bonchev–Trinajstić information content (AvgIpc) is 2.93. The van der Waals surface area contributed by atoms with Crippen molar-refractivity contribution in [2.24, 2.45) is 5.41 Å². The average molecular weight is 535 g/mol. The van der Waals surface area contributed by atoms with Crippen LogP contribution in [0.2, 0.25) is 0 Å². The molecule has 36 heavy (non-hydrogen) atoms. The Hall–Kier alpha value is -2.23. The first kappa shape index (κ1) is 28.3. The molecular formula is C27H38N2O5S2. The molecule has 0 saturated heterocycles. The maximum atomic E-state index is 14.0. The largest absolute Gasteiger partial charge is 0.508 e. The minimum atomic E-state index is -3.63. The van der Waals surface area contributed by atoms with Crippen LogP contribution in [0.1, 0.15) is 57.9 Å². The lowest BCUT2D eigenvalue weighted by atomic mass is 9.79. The summed E-state index contributed by atoms with van der Waals surface area (Å²) in [5, 5.41) is 21.8. The lowest BCUT2D eigenvalue weighted by Crippen LogP contribution is -2.38. The number of carboxylic acid groups (broad SMARTS) is 1. The second-order valence-electron chi connectivity index (χ2n) is 9.70. The standard InChI is InChI=1S/C27H38N2O5S2/c1-4-6-12-27(13-7-5-2)18-29(21-8-10-22(30)11-9-21)23-15-24(35-3)20(16-28-17-26(31)32)14-25(23)36(33,34)19-27/h8-11,14-15,28,30H,4-7,12-13,16-19H2,1-3H3,(H,31,32). The van der Waals surface area contributed by atoms with Gasteiger partial charge in [-0.05, 0) is 61.1 Å². The number of rotatable bonds is 12. The number of carboxylic acids is 1. The number of thioether (sulfide) groups is 1. The summed E-state index contributed by atoms with van der Waals surface area (Å²) < 4.78 is 28.0. The molecule has 9 heteroatoms. The number of aliphatic carboxylic acids is 1. The predicted molar refractivity (Wildman–Crippen MR) is 146 cm³/mol. The summed E-state index contributed by atoms with van der Waals surface area (Å²) in [6, 6.07) is 10.6. The molecule has 0 saturated carbocycles. The Morgan fingerprint density at radius 1 is 1.11 bits per heavy atom. The van der Waals surface area contributed by atoms with E-state index in [1.54, 1.807) is 18.2 Å². The van der Waals surface area contributed by atoms with Gasteiger partial charge in [-0.25, -0.2) is 8.42 Å². The molecule has 1 heterocycles. The van der Waals surface area contributed by atoms with Crippen molar-refractivity contribution >= 4 is 38.9 Å². The molecular weight excluding hydrogens is 496 g/mol. The van der Waals surface area contributed by atoms with E-state index >= 15 is 0 Å². The number of carbonyl (C=O) groups is 1. The lowest BCUT2D eigenvalue weighted by molar-refractivity contribution is -0.136. The minimum Gasteiger partial charge on any atom is -0.508 e. The van der Waals surface area contributed by atoms with Gasteiger partial charge in [-0.2, -0.15) is 0 Å². The van der Waals surface area contributed by atoms with Crippen molar-refractivity contribution < 1.29 is 23.4 Å². The molecule has 2 aromatic rings. The molecule has 0 spiro atoms. The molecule has 0 bridgehead atoms. The smallest absolute Gasteiger partial charge is 0.317 e. The van der Waals surface area contributed by atoms with E-state index in [4.69, 9.17) is 5.11 Å². The number of phenolic OH excluding ortho intramolecular Hbond substituents is 1. The molecule has 0 amide bonds. The number of anilines is 2. The summed E-state index contributed by atoms with van der Waals surface area (Å²) >= 11 is 1.51. The summed E-state index contributed by atoms with van der Waals surface area (Å²) in [6.07, 6.45) is 7.50. The van der Waals surface area contributed by atoms with Crippen LogP contribution in [0.4, 0.5) is 11.4 Å². The van der Waals surface area contributed by atoms with Crippen LogP contribution in [-0.4, -0.2) is 49.7 Å². The van der Waals surface area contributed by atoms with Gasteiger partial charge in [0.15, 0.2) is 9.84 Å². The van der Waals surface area contributed by atoms with E-state index in [9.17, 15) is 18.3 Å². The first-order valence-electron chi connectivity index (χ1n) is 12.6. The van der Waals surface area contributed by atoms with Gasteiger partial charge in [-0.1, -0.05) is 39.5 Å². The second kappa shape index (κ2) is 12.3. The molecule has 0 aliphatic carbocycles. The number of fused-ring (bicyclic) bond motifs is 1. The highest BCUT2D eigenvalue weighted by Gasteiger charge is 2.42. The fourth-order valence-corrected chi connectivity index (χ4v) is 7.80. The predicted octanol–water partition coefficient (Wildman–Crippen LogP) is 5.58. The number of hydrogen-bond acceptors (Lipinski definition) is 7. The molecule has 2 aromatic carbocycles. The van der Waals surface area contributed by atoms with Gasteiger partial charge in [0.05, 0.1) is 22.9 Å². The Labute approximate surface area is 219 Å². The van der Waals surface area contributed by atoms with Crippen LogP contribution in [0, 0.1) is 5.41 Å². The van der Waals surface area contributed by atoms with Crippen LogP contribution in [0.25, 0.3) is 0 Å². The van der Waals surface area contributed by atoms with E-state index in [0.717, 1.165) is 54.7 Å². The summed E-state index contributed by atoms with van der Waals surface area (Å²) in [6.45, 7) is 4.91. The fraction of sp³-hybridized carbons (Fsp3) is 0.519. The first-order valence-corrected chi connectivity index (χ1v) is 15.4. The van der Waals surface area contributed by atoms with Gasteiger partial charge in [0, 0.05) is 29.1 Å². The molecule has 0 unspecified atom stereocenters. The van der Waals surface area contributed by atoms with Crippen LogP contribution in [0.5, 0.6) is 5.75 Å². The lowest BCUT2D eigenvalue weighted by Gasteiger charge is -2.37. The first-order chi connectivity index (χ1) is 17.1. The van der Waals surface area contributed by atoms with Gasteiger partial charge in [0.2, 0.25) is 0 Å². The molecule has 0 aromatic heterocycles. The van der Waals surface area contributed by atoms with E-state index in [0.29, 0.717) is 12.2 Å². The number of nitrogens with one attached hydrogen (secondary N) is 1. The number of aromatic hydroxyl groups is 1. The number of unbranched alkanes of at least 4 members (excludes halogenated alkanes) is 2. The number of nitrogens with zero attached hydrogens (tertiary/aromatic N) is 1. The van der Waals surface area contributed by atoms with Crippen molar-refractivity contribution in [3.8, 4) is 5.75 Å². The SMILES string of the molecule is CCCCC1(CCCC)CN(c2ccc(O)cc2)c2cc(SC)c(CNCC(=O)O)cc2S(=O)(=O)C1. The quantitative estimate of drug-likeness (QED) is 0.303. The number of phenols is 1. The van der Waals surface area contributed by atoms with Crippen LogP contribution in [0.15, 0.2) is 46.2 Å². The highest BCUT2D eigenvalue weighted by atomic mass is 32.2. The topological polar surface area (TPSA) is 107 Å². The third kappa shape index (κ3) is 6.75. The molecule has 0 fully saturated rings. The number of hydrogen-bond donors (Lipinski definition) is 3. The van der Waals surface area contributed by atoms with Crippen molar-refractivity contribution in [1.82, 2.24) is 5.32 Å². The molecule has 0 radical (unpaired) electrons. The van der Waals surface area contributed by atoms with Crippen molar-refractivity contribution in [3.05, 3.63) is 42.0 Å². The summed E-state index contributed by atoms with van der Waals surface area (Å²) in [5.41, 5.74) is 1.85. The van der Waals surface area contributed by atoms with Crippen LogP contribution >= 0.6 is 11.8 Å². The summed E-state index contributed by atoms with van der Waals surface area (Å²) in [5.74, 6) is -0.713. The van der Waals surface area contributed by atoms with Gasteiger partial charge < -0.3 is 20.4 Å². The molecule has 0 atom stereocenters. The number of sulfone groups is 1. The van der Waals surface area contributed by atoms with Crippen molar-refractivity contribution in [1.29, 1.82) is 0 Å². The van der Waals surface area contributed by atoms with Crippen LogP contribution in [0.3, 0.4) is 0 Å². The van der Waals surface area contributed by atoms with Gasteiger partial charge in [-0.15, -0.1) is 11.8 Å².